The Labute approximate surface area is 143 Å². The fraction of sp³-hybridized carbons (Fsp3) is 0.450. The van der Waals surface area contributed by atoms with Crippen molar-refractivity contribution in [2.45, 2.75) is 26.3 Å². The van der Waals surface area contributed by atoms with Crippen LogP contribution in [0.4, 0.5) is 0 Å². The Morgan fingerprint density at radius 3 is 2.88 bits per heavy atom. The van der Waals surface area contributed by atoms with Crippen molar-refractivity contribution in [1.29, 1.82) is 0 Å². The summed E-state index contributed by atoms with van der Waals surface area (Å²) in [6.45, 7) is 6.47. The molecular weight excluding hydrogens is 298 g/mol. The highest BCUT2D eigenvalue weighted by Gasteiger charge is 2.36. The summed E-state index contributed by atoms with van der Waals surface area (Å²) >= 11 is 0. The quantitative estimate of drug-likeness (QED) is 0.943. The Kier molecular flexibility index (Phi) is 3.72. The van der Waals surface area contributed by atoms with Gasteiger partial charge in [-0.2, -0.15) is 0 Å². The molecule has 2 aromatic rings. The minimum absolute atomic E-state index is 0.0445. The number of H-pyrrole nitrogens is 1. The second kappa shape index (κ2) is 5.78. The Morgan fingerprint density at radius 2 is 2.12 bits per heavy atom. The maximum atomic E-state index is 12.9. The lowest BCUT2D eigenvalue weighted by Gasteiger charge is -2.40. The number of nitrogens with one attached hydrogen (secondary N) is 1. The van der Waals surface area contributed by atoms with Crippen LogP contribution < -0.4 is 0 Å². The molecule has 0 saturated heterocycles. The van der Waals surface area contributed by atoms with Crippen LogP contribution in [-0.4, -0.2) is 53.4 Å². The molecule has 0 saturated carbocycles. The highest BCUT2D eigenvalue weighted by molar-refractivity contribution is 5.99. The molecule has 4 rings (SSSR count). The molecule has 0 fully saturated rings. The summed E-state index contributed by atoms with van der Waals surface area (Å²) in [7, 11) is 2.15. The first-order valence-corrected chi connectivity index (χ1v) is 8.94. The number of fused-ring (bicyclic) bond motifs is 2. The Morgan fingerprint density at radius 1 is 1.33 bits per heavy atom. The van der Waals surface area contributed by atoms with Crippen molar-refractivity contribution in [3.05, 3.63) is 41.6 Å². The van der Waals surface area contributed by atoms with Crippen molar-refractivity contribution in [3.63, 3.8) is 0 Å². The standard InChI is InChI=1S/C20H25N3O/c1-4-23(5-2)20(24)14-9-16-15-7-6-8-17-19(15)13(11-21-17)10-18(16)22(3)12-14/h6-9,11,14,18,21H,4-5,10,12H2,1-3H3/t14-,18?/m1/s1. The van der Waals surface area contributed by atoms with E-state index >= 15 is 0 Å². The summed E-state index contributed by atoms with van der Waals surface area (Å²) < 4.78 is 0. The van der Waals surface area contributed by atoms with Crippen LogP contribution in [0.25, 0.3) is 16.5 Å². The minimum Gasteiger partial charge on any atom is -0.361 e. The lowest BCUT2D eigenvalue weighted by molar-refractivity contribution is -0.134. The zero-order chi connectivity index (χ0) is 16.8. The van der Waals surface area contributed by atoms with E-state index in [1.165, 1.54) is 27.6 Å². The number of aromatic amines is 1. The van der Waals surface area contributed by atoms with Crippen LogP contribution in [0.3, 0.4) is 0 Å². The highest BCUT2D eigenvalue weighted by atomic mass is 16.2. The first kappa shape index (κ1) is 15.5. The lowest BCUT2D eigenvalue weighted by Crippen LogP contribution is -2.47. The molecular formula is C20H25N3O. The fourth-order valence-corrected chi connectivity index (χ4v) is 4.38. The molecule has 2 heterocycles. The predicted molar refractivity (Wildman–Crippen MR) is 97.8 cm³/mol. The SMILES string of the molecule is CCN(CC)C(=O)[C@@H]1C=C2c3cccc4[nH]cc(c34)CC2N(C)C1. The molecule has 2 atom stereocenters. The number of hydrogen-bond donors (Lipinski definition) is 1. The van der Waals surface area contributed by atoms with Gasteiger partial charge in [-0.25, -0.2) is 0 Å². The first-order chi connectivity index (χ1) is 11.6. The molecule has 1 aliphatic carbocycles. The van der Waals surface area contributed by atoms with Crippen molar-refractivity contribution < 1.29 is 4.79 Å². The average molecular weight is 323 g/mol. The second-order valence-electron chi connectivity index (χ2n) is 6.94. The molecule has 2 aliphatic rings. The maximum Gasteiger partial charge on any atom is 0.230 e. The zero-order valence-corrected chi connectivity index (χ0v) is 14.7. The van der Waals surface area contributed by atoms with E-state index in [1.807, 2.05) is 4.90 Å². The molecule has 1 N–H and O–H groups in total. The number of likely N-dealkylation sites (N-methyl/N-ethyl adjacent to an activating group) is 1. The largest absolute Gasteiger partial charge is 0.361 e. The van der Waals surface area contributed by atoms with E-state index in [2.05, 4.69) is 61.3 Å². The second-order valence-corrected chi connectivity index (χ2v) is 6.94. The number of carbonyl (C=O) groups is 1. The molecule has 1 aromatic heterocycles. The summed E-state index contributed by atoms with van der Waals surface area (Å²) in [5.41, 5.74) is 5.21. The summed E-state index contributed by atoms with van der Waals surface area (Å²) in [5, 5.41) is 1.34. The monoisotopic (exact) mass is 323 g/mol. The van der Waals surface area contributed by atoms with Gasteiger partial charge < -0.3 is 9.88 Å². The summed E-state index contributed by atoms with van der Waals surface area (Å²) in [5.74, 6) is 0.210. The summed E-state index contributed by atoms with van der Waals surface area (Å²) in [6.07, 6.45) is 5.41. The molecule has 0 radical (unpaired) electrons. The van der Waals surface area contributed by atoms with Gasteiger partial charge in [0.25, 0.3) is 0 Å². The highest BCUT2D eigenvalue weighted by Crippen LogP contribution is 2.40. The number of benzene rings is 1. The van der Waals surface area contributed by atoms with E-state index in [1.54, 1.807) is 0 Å². The van der Waals surface area contributed by atoms with E-state index in [9.17, 15) is 4.79 Å². The Balaban J connectivity index is 1.80. The fourth-order valence-electron chi connectivity index (χ4n) is 4.38. The van der Waals surface area contributed by atoms with Gasteiger partial charge in [0.05, 0.1) is 5.92 Å². The minimum atomic E-state index is -0.0445. The molecule has 1 amide bonds. The van der Waals surface area contributed by atoms with E-state index in [-0.39, 0.29) is 11.8 Å². The zero-order valence-electron chi connectivity index (χ0n) is 14.7. The molecule has 1 unspecified atom stereocenters. The maximum absolute atomic E-state index is 12.9. The average Bonchev–Trinajstić information content (AvgIpc) is 3.01. The van der Waals surface area contributed by atoms with Crippen LogP contribution in [0.2, 0.25) is 0 Å². The molecule has 1 aliphatic heterocycles. The number of amides is 1. The van der Waals surface area contributed by atoms with Crippen LogP contribution in [0.5, 0.6) is 0 Å². The normalized spacial score (nSPS) is 23.0. The molecule has 4 heteroatoms. The third-order valence-corrected chi connectivity index (χ3v) is 5.66. The predicted octanol–water partition coefficient (Wildman–Crippen LogP) is 2.91. The van der Waals surface area contributed by atoms with Crippen LogP contribution in [-0.2, 0) is 11.2 Å². The van der Waals surface area contributed by atoms with Crippen molar-refractivity contribution in [2.24, 2.45) is 5.92 Å². The first-order valence-electron chi connectivity index (χ1n) is 8.94. The number of aromatic nitrogens is 1. The van der Waals surface area contributed by atoms with Gasteiger partial charge in [-0.05, 0) is 50.1 Å². The molecule has 0 spiro atoms. The van der Waals surface area contributed by atoms with E-state index < -0.39 is 0 Å². The molecule has 1 aromatic carbocycles. The Hall–Kier alpha value is -2.07. The smallest absolute Gasteiger partial charge is 0.230 e. The van der Waals surface area contributed by atoms with E-state index in [0.717, 1.165) is 26.1 Å². The van der Waals surface area contributed by atoms with Crippen LogP contribution in [0, 0.1) is 5.92 Å². The van der Waals surface area contributed by atoms with Crippen LogP contribution in [0.15, 0.2) is 30.5 Å². The van der Waals surface area contributed by atoms with Crippen molar-refractivity contribution in [2.75, 3.05) is 26.7 Å². The summed E-state index contributed by atoms with van der Waals surface area (Å²) in [6, 6.07) is 6.82. The number of rotatable bonds is 3. The molecule has 4 nitrogen and oxygen atoms in total. The van der Waals surface area contributed by atoms with Crippen molar-refractivity contribution in [3.8, 4) is 0 Å². The van der Waals surface area contributed by atoms with Crippen molar-refractivity contribution in [1.82, 2.24) is 14.8 Å². The van der Waals surface area contributed by atoms with Gasteiger partial charge in [0.15, 0.2) is 0 Å². The topological polar surface area (TPSA) is 39.3 Å². The van der Waals surface area contributed by atoms with Gasteiger partial charge in [-0.1, -0.05) is 18.2 Å². The number of carbonyl (C=O) groups excluding carboxylic acids is 1. The lowest BCUT2D eigenvalue weighted by atomic mass is 9.79. The molecule has 0 bridgehead atoms. The van der Waals surface area contributed by atoms with Crippen LogP contribution in [0.1, 0.15) is 25.0 Å². The summed E-state index contributed by atoms with van der Waals surface area (Å²) in [4.78, 5) is 20.6. The van der Waals surface area contributed by atoms with E-state index in [0.29, 0.717) is 6.04 Å². The number of nitrogens with zero attached hydrogens (tertiary/aromatic N) is 2. The van der Waals surface area contributed by atoms with Crippen molar-refractivity contribution >= 4 is 22.4 Å². The van der Waals surface area contributed by atoms with Gasteiger partial charge in [0, 0.05) is 42.8 Å². The number of hydrogen-bond acceptors (Lipinski definition) is 2. The Bertz CT molecular complexity index is 815. The third-order valence-electron chi connectivity index (χ3n) is 5.66. The molecule has 24 heavy (non-hydrogen) atoms. The van der Waals surface area contributed by atoms with Gasteiger partial charge in [-0.15, -0.1) is 0 Å². The van der Waals surface area contributed by atoms with Crippen LogP contribution >= 0.6 is 0 Å². The van der Waals surface area contributed by atoms with Gasteiger partial charge in [0.2, 0.25) is 5.91 Å². The third kappa shape index (κ3) is 2.20. The van der Waals surface area contributed by atoms with Gasteiger partial charge >= 0.3 is 0 Å². The van der Waals surface area contributed by atoms with Gasteiger partial charge in [-0.3, -0.25) is 9.69 Å². The van der Waals surface area contributed by atoms with E-state index in [4.69, 9.17) is 0 Å². The van der Waals surface area contributed by atoms with Gasteiger partial charge in [0.1, 0.15) is 0 Å². The molecule has 126 valence electrons.